The summed E-state index contributed by atoms with van der Waals surface area (Å²) in [5, 5.41) is 2.95. The van der Waals surface area contributed by atoms with Gasteiger partial charge < -0.3 is 24.4 Å². The summed E-state index contributed by atoms with van der Waals surface area (Å²) >= 11 is 3.45. The molecule has 0 aliphatic carbocycles. The second kappa shape index (κ2) is 12.3. The van der Waals surface area contributed by atoms with Gasteiger partial charge in [0.2, 0.25) is 5.91 Å². The van der Waals surface area contributed by atoms with Crippen LogP contribution >= 0.6 is 15.9 Å². The first-order valence-corrected chi connectivity index (χ1v) is 11.3. The number of nitrogens with one attached hydrogen (secondary N) is 1. The van der Waals surface area contributed by atoms with E-state index in [-0.39, 0.29) is 31.0 Å². The molecule has 2 aromatic rings. The first-order chi connectivity index (χ1) is 15.3. The van der Waals surface area contributed by atoms with Gasteiger partial charge in [0, 0.05) is 35.3 Å². The quantitative estimate of drug-likeness (QED) is 0.494. The predicted molar refractivity (Wildman–Crippen MR) is 127 cm³/mol. The average molecular weight is 507 g/mol. The lowest BCUT2D eigenvalue weighted by Gasteiger charge is -2.29. The van der Waals surface area contributed by atoms with Gasteiger partial charge in [-0.3, -0.25) is 9.59 Å². The van der Waals surface area contributed by atoms with Crippen molar-refractivity contribution >= 4 is 27.7 Å². The van der Waals surface area contributed by atoms with Gasteiger partial charge in [-0.15, -0.1) is 0 Å². The number of methoxy groups -OCH3 is 2. The summed E-state index contributed by atoms with van der Waals surface area (Å²) in [6.07, 6.45) is 0.804. The van der Waals surface area contributed by atoms with Crippen LogP contribution in [0.25, 0.3) is 0 Å². The lowest BCUT2D eigenvalue weighted by molar-refractivity contribution is -0.142. The highest BCUT2D eigenvalue weighted by molar-refractivity contribution is 9.10. The molecule has 0 saturated carbocycles. The number of benzene rings is 2. The predicted octanol–water partition coefficient (Wildman–Crippen LogP) is 4.18. The smallest absolute Gasteiger partial charge is 0.261 e. The Morgan fingerprint density at radius 3 is 2.22 bits per heavy atom. The van der Waals surface area contributed by atoms with E-state index in [1.54, 1.807) is 39.3 Å². The van der Waals surface area contributed by atoms with Crippen LogP contribution in [0.5, 0.6) is 17.2 Å². The van der Waals surface area contributed by atoms with E-state index in [0.29, 0.717) is 17.2 Å². The molecule has 174 valence electrons. The fraction of sp³-hybridized carbons (Fsp3) is 0.417. The summed E-state index contributed by atoms with van der Waals surface area (Å²) in [6.45, 7) is 5.70. The lowest BCUT2D eigenvalue weighted by Crippen LogP contribution is -2.50. The molecule has 0 aliphatic heterocycles. The topological polar surface area (TPSA) is 77.1 Å². The summed E-state index contributed by atoms with van der Waals surface area (Å²) in [6, 6.07) is 12.1. The maximum atomic E-state index is 13.2. The Hall–Kier alpha value is -2.74. The van der Waals surface area contributed by atoms with Gasteiger partial charge in [-0.25, -0.2) is 0 Å². The van der Waals surface area contributed by atoms with Gasteiger partial charge in [0.25, 0.3) is 5.91 Å². The fourth-order valence-electron chi connectivity index (χ4n) is 2.97. The van der Waals surface area contributed by atoms with Crippen molar-refractivity contribution in [3.8, 4) is 17.2 Å². The zero-order valence-electron chi connectivity index (χ0n) is 19.2. The number of carbonyl (C=O) groups excluding carboxylic acids is 2. The van der Waals surface area contributed by atoms with Crippen molar-refractivity contribution in [1.82, 2.24) is 10.2 Å². The van der Waals surface area contributed by atoms with Crippen LogP contribution in [0, 0.1) is 0 Å². The maximum Gasteiger partial charge on any atom is 0.261 e. The first kappa shape index (κ1) is 25.5. The largest absolute Gasteiger partial charge is 0.496 e. The zero-order chi connectivity index (χ0) is 23.7. The van der Waals surface area contributed by atoms with E-state index >= 15 is 0 Å². The molecule has 0 aromatic heterocycles. The summed E-state index contributed by atoms with van der Waals surface area (Å²) in [5.41, 5.74) is 0.902. The summed E-state index contributed by atoms with van der Waals surface area (Å²) in [7, 11) is 3.09. The monoisotopic (exact) mass is 506 g/mol. The molecule has 0 fully saturated rings. The van der Waals surface area contributed by atoms with Crippen LogP contribution in [0.1, 0.15) is 32.8 Å². The number of nitrogens with zero attached hydrogens (tertiary/aromatic N) is 1. The minimum atomic E-state index is -0.668. The summed E-state index contributed by atoms with van der Waals surface area (Å²) < 4.78 is 17.1. The van der Waals surface area contributed by atoms with Gasteiger partial charge in [-0.2, -0.15) is 0 Å². The Labute approximate surface area is 198 Å². The number of rotatable bonds is 11. The van der Waals surface area contributed by atoms with Crippen molar-refractivity contribution in [3.63, 3.8) is 0 Å². The van der Waals surface area contributed by atoms with Crippen molar-refractivity contribution in [3.05, 3.63) is 52.5 Å². The molecule has 2 aromatic carbocycles. The number of ether oxygens (including phenoxy) is 3. The highest BCUT2D eigenvalue weighted by atomic mass is 79.9. The number of carbonyl (C=O) groups is 2. The van der Waals surface area contributed by atoms with Crippen molar-refractivity contribution in [2.24, 2.45) is 0 Å². The summed E-state index contributed by atoms with van der Waals surface area (Å²) in [5.74, 6) is 1.04. The molecular formula is C24H31BrN2O5. The number of halogens is 1. The van der Waals surface area contributed by atoms with Gasteiger partial charge in [-0.1, -0.05) is 35.0 Å². The molecule has 0 aliphatic rings. The highest BCUT2D eigenvalue weighted by Crippen LogP contribution is 2.27. The highest BCUT2D eigenvalue weighted by Gasteiger charge is 2.27. The van der Waals surface area contributed by atoms with E-state index in [4.69, 9.17) is 14.2 Å². The lowest BCUT2D eigenvalue weighted by atomic mass is 10.1. The van der Waals surface area contributed by atoms with Crippen molar-refractivity contribution in [1.29, 1.82) is 0 Å². The van der Waals surface area contributed by atoms with Crippen LogP contribution in [0.4, 0.5) is 0 Å². The van der Waals surface area contributed by atoms with Crippen LogP contribution in [-0.4, -0.2) is 49.6 Å². The van der Waals surface area contributed by atoms with Crippen LogP contribution in [0.15, 0.2) is 46.9 Å². The van der Waals surface area contributed by atoms with Crippen LogP contribution in [0.3, 0.4) is 0 Å². The molecule has 0 spiro atoms. The van der Waals surface area contributed by atoms with E-state index in [9.17, 15) is 9.59 Å². The van der Waals surface area contributed by atoms with Crippen LogP contribution in [0.2, 0.25) is 0 Å². The Balaban J connectivity index is 2.20. The second-order valence-corrected chi connectivity index (χ2v) is 8.40. The number of hydrogen-bond donors (Lipinski definition) is 1. The van der Waals surface area contributed by atoms with E-state index in [0.717, 1.165) is 16.5 Å². The third-order valence-electron chi connectivity index (χ3n) is 5.10. The van der Waals surface area contributed by atoms with Gasteiger partial charge >= 0.3 is 0 Å². The van der Waals surface area contributed by atoms with Crippen molar-refractivity contribution in [2.45, 2.75) is 45.8 Å². The molecule has 0 radical (unpaired) electrons. The average Bonchev–Trinajstić information content (AvgIpc) is 2.80. The molecule has 1 N–H and O–H groups in total. The van der Waals surface area contributed by atoms with E-state index in [1.807, 2.05) is 38.1 Å². The van der Waals surface area contributed by atoms with Crippen LogP contribution < -0.4 is 19.5 Å². The molecule has 0 unspecified atom stereocenters. The summed E-state index contributed by atoms with van der Waals surface area (Å²) in [4.78, 5) is 27.5. The van der Waals surface area contributed by atoms with Gasteiger partial charge in [0.15, 0.2) is 6.61 Å². The maximum absolute atomic E-state index is 13.2. The Morgan fingerprint density at radius 1 is 1.03 bits per heavy atom. The molecular weight excluding hydrogens is 476 g/mol. The Morgan fingerprint density at radius 2 is 1.66 bits per heavy atom. The molecule has 2 amide bonds. The second-order valence-electron chi connectivity index (χ2n) is 7.48. The van der Waals surface area contributed by atoms with Crippen molar-refractivity contribution in [2.75, 3.05) is 20.8 Å². The van der Waals surface area contributed by atoms with Gasteiger partial charge in [-0.05, 0) is 38.0 Å². The molecule has 7 nitrogen and oxygen atoms in total. The third-order valence-corrected chi connectivity index (χ3v) is 5.59. The normalized spacial score (nSPS) is 12.4. The molecule has 2 atom stereocenters. The van der Waals surface area contributed by atoms with E-state index < -0.39 is 6.04 Å². The molecule has 0 bridgehead atoms. The molecule has 2 rings (SSSR count). The molecule has 8 heteroatoms. The SMILES string of the molecule is CC[C@@H](C)NC(=O)[C@H](C)N(Cc1cccc(Br)c1)C(=O)COc1cc(OC)cc(OC)c1. The minimum absolute atomic E-state index is 0.0215. The first-order valence-electron chi connectivity index (χ1n) is 10.5. The molecule has 0 heterocycles. The zero-order valence-corrected chi connectivity index (χ0v) is 20.8. The van der Waals surface area contributed by atoms with Crippen molar-refractivity contribution < 1.29 is 23.8 Å². The Bertz CT molecular complexity index is 899. The standard InChI is InChI=1S/C24H31BrN2O5/c1-6-16(2)26-24(29)17(3)27(14-18-8-7-9-19(25)10-18)23(28)15-32-22-12-20(30-4)11-21(13-22)31-5/h7-13,16-17H,6,14-15H2,1-5H3,(H,26,29)/t16-,17+/m1/s1. The van der Waals surface area contributed by atoms with Gasteiger partial charge in [0.05, 0.1) is 14.2 Å². The van der Waals surface area contributed by atoms with Crippen LogP contribution in [-0.2, 0) is 16.1 Å². The number of hydrogen-bond acceptors (Lipinski definition) is 5. The van der Waals surface area contributed by atoms with E-state index in [1.165, 1.54) is 4.90 Å². The molecule has 0 saturated heterocycles. The fourth-order valence-corrected chi connectivity index (χ4v) is 3.42. The molecule has 32 heavy (non-hydrogen) atoms. The number of amides is 2. The minimum Gasteiger partial charge on any atom is -0.496 e. The Kier molecular flexibility index (Phi) is 9.84. The van der Waals surface area contributed by atoms with Gasteiger partial charge in [0.1, 0.15) is 23.3 Å². The third kappa shape index (κ3) is 7.44. The van der Waals surface area contributed by atoms with E-state index in [2.05, 4.69) is 21.2 Å².